The van der Waals surface area contributed by atoms with Gasteiger partial charge in [0, 0.05) is 25.3 Å². The van der Waals surface area contributed by atoms with Gasteiger partial charge in [0.15, 0.2) is 0 Å². The molecule has 12 heteroatoms. The summed E-state index contributed by atoms with van der Waals surface area (Å²) in [6.07, 6.45) is -4.30. The minimum Gasteiger partial charge on any atom is -0.378 e. The number of amides is 2. The number of sulfonamides is 1. The van der Waals surface area contributed by atoms with Crippen LogP contribution < -0.4 is 20.7 Å². The Morgan fingerprint density at radius 1 is 1.09 bits per heavy atom. The molecule has 1 saturated heterocycles. The van der Waals surface area contributed by atoms with E-state index in [1.807, 2.05) is 0 Å². The van der Waals surface area contributed by atoms with Crippen LogP contribution in [0.2, 0.25) is 0 Å². The molecule has 1 aliphatic heterocycles. The highest BCUT2D eigenvalue weighted by Gasteiger charge is 2.34. The Morgan fingerprint density at radius 2 is 1.75 bits per heavy atom. The first-order valence-corrected chi connectivity index (χ1v) is 11.3. The average Bonchev–Trinajstić information content (AvgIpc) is 2.73. The number of primary sulfonamides is 1. The fraction of sp³-hybridized carbons (Fsp3) is 0.350. The third kappa shape index (κ3) is 6.34. The Labute approximate surface area is 183 Å². The molecule has 1 aliphatic rings. The van der Waals surface area contributed by atoms with Crippen LogP contribution in [0.5, 0.6) is 0 Å². The molecule has 0 aliphatic carbocycles. The summed E-state index contributed by atoms with van der Waals surface area (Å²) in [6.45, 7) is 1.99. The molecule has 0 radical (unpaired) electrons. The average molecular weight is 472 g/mol. The highest BCUT2D eigenvalue weighted by atomic mass is 32.2. The van der Waals surface area contributed by atoms with E-state index in [9.17, 15) is 26.4 Å². The van der Waals surface area contributed by atoms with Gasteiger partial charge in [-0.1, -0.05) is 12.1 Å². The Balaban J connectivity index is 1.61. The second-order valence-electron chi connectivity index (χ2n) is 7.15. The number of halogens is 3. The Bertz CT molecular complexity index is 1050. The smallest absolute Gasteiger partial charge is 0.378 e. The second kappa shape index (κ2) is 9.76. The van der Waals surface area contributed by atoms with E-state index >= 15 is 0 Å². The zero-order valence-electron chi connectivity index (χ0n) is 17.0. The van der Waals surface area contributed by atoms with Gasteiger partial charge in [0.2, 0.25) is 10.0 Å². The van der Waals surface area contributed by atoms with E-state index in [4.69, 9.17) is 9.88 Å². The molecule has 1 fully saturated rings. The van der Waals surface area contributed by atoms with E-state index in [0.717, 1.165) is 11.6 Å². The van der Waals surface area contributed by atoms with E-state index in [-0.39, 0.29) is 17.1 Å². The van der Waals surface area contributed by atoms with Crippen LogP contribution in [0.25, 0.3) is 0 Å². The number of anilines is 2. The molecular weight excluding hydrogens is 449 g/mol. The van der Waals surface area contributed by atoms with Crippen LogP contribution in [0.4, 0.5) is 29.3 Å². The third-order valence-electron chi connectivity index (χ3n) is 4.88. The molecule has 8 nitrogen and oxygen atoms in total. The number of rotatable bonds is 6. The maximum Gasteiger partial charge on any atom is 0.418 e. The molecule has 2 aromatic rings. The van der Waals surface area contributed by atoms with Crippen molar-refractivity contribution >= 4 is 27.4 Å². The molecule has 0 atom stereocenters. The zero-order valence-corrected chi connectivity index (χ0v) is 17.8. The van der Waals surface area contributed by atoms with Gasteiger partial charge in [0.25, 0.3) is 0 Å². The fourth-order valence-electron chi connectivity index (χ4n) is 3.23. The molecule has 0 saturated carbocycles. The maximum absolute atomic E-state index is 13.6. The number of hydrogen-bond acceptors (Lipinski definition) is 5. The Kier molecular flexibility index (Phi) is 7.26. The SMILES string of the molecule is NS(=O)(=O)c1ccc(CCNC(=O)Nc2ccc(N3CCOCC3)cc2C(F)(F)F)cc1. The number of ether oxygens (including phenoxy) is 1. The van der Waals surface area contributed by atoms with E-state index in [0.29, 0.717) is 38.4 Å². The molecule has 4 N–H and O–H groups in total. The number of benzene rings is 2. The van der Waals surface area contributed by atoms with Gasteiger partial charge in [0.1, 0.15) is 0 Å². The van der Waals surface area contributed by atoms with Crippen molar-refractivity contribution in [2.75, 3.05) is 43.1 Å². The van der Waals surface area contributed by atoms with Gasteiger partial charge in [-0.05, 0) is 42.3 Å². The first-order valence-electron chi connectivity index (χ1n) is 9.74. The first kappa shape index (κ1) is 23.8. The first-order chi connectivity index (χ1) is 15.0. The molecule has 2 aromatic carbocycles. The number of alkyl halides is 3. The summed E-state index contributed by atoms with van der Waals surface area (Å²) in [5, 5.41) is 9.78. The number of nitrogens with two attached hydrogens (primary N) is 1. The van der Waals surface area contributed by atoms with Gasteiger partial charge >= 0.3 is 12.2 Å². The van der Waals surface area contributed by atoms with Crippen molar-refractivity contribution in [3.05, 3.63) is 53.6 Å². The number of carbonyl (C=O) groups excluding carboxylic acids is 1. The van der Waals surface area contributed by atoms with E-state index in [1.165, 1.54) is 24.3 Å². The molecule has 174 valence electrons. The van der Waals surface area contributed by atoms with Gasteiger partial charge in [-0.15, -0.1) is 0 Å². The summed E-state index contributed by atoms with van der Waals surface area (Å²) in [7, 11) is -3.80. The predicted molar refractivity (Wildman–Crippen MR) is 113 cm³/mol. The summed E-state index contributed by atoms with van der Waals surface area (Å²) in [4.78, 5) is 13.9. The molecule has 1 heterocycles. The molecule has 0 spiro atoms. The lowest BCUT2D eigenvalue weighted by atomic mass is 10.1. The minimum absolute atomic E-state index is 0.0350. The Morgan fingerprint density at radius 3 is 2.34 bits per heavy atom. The largest absolute Gasteiger partial charge is 0.418 e. The molecule has 32 heavy (non-hydrogen) atoms. The van der Waals surface area contributed by atoms with Crippen LogP contribution in [0, 0.1) is 0 Å². The predicted octanol–water partition coefficient (Wildman–Crippen LogP) is 2.55. The number of nitrogens with one attached hydrogen (secondary N) is 2. The highest BCUT2D eigenvalue weighted by molar-refractivity contribution is 7.89. The third-order valence-corrected chi connectivity index (χ3v) is 5.81. The van der Waals surface area contributed by atoms with Crippen LogP contribution in [-0.2, 0) is 27.4 Å². The van der Waals surface area contributed by atoms with Gasteiger partial charge in [-0.2, -0.15) is 13.2 Å². The standard InChI is InChI=1S/C20H23F3N4O4S/c21-20(22,23)17-13-15(27-9-11-31-12-10-27)3-6-18(17)26-19(28)25-8-7-14-1-4-16(5-2-14)32(24,29)30/h1-6,13H,7-12H2,(H2,24,29,30)(H2,25,26,28). The number of carbonyl (C=O) groups is 1. The second-order valence-corrected chi connectivity index (χ2v) is 8.71. The molecule has 3 rings (SSSR count). The quantitative estimate of drug-likeness (QED) is 0.598. The monoisotopic (exact) mass is 472 g/mol. The molecule has 2 amide bonds. The number of urea groups is 1. The molecule has 0 aromatic heterocycles. The molecular formula is C20H23F3N4O4S. The topological polar surface area (TPSA) is 114 Å². The van der Waals surface area contributed by atoms with Crippen LogP contribution >= 0.6 is 0 Å². The van der Waals surface area contributed by atoms with Crippen molar-refractivity contribution in [2.24, 2.45) is 5.14 Å². The van der Waals surface area contributed by atoms with Gasteiger partial charge < -0.3 is 20.3 Å². The van der Waals surface area contributed by atoms with Crippen molar-refractivity contribution in [1.29, 1.82) is 0 Å². The molecule has 0 unspecified atom stereocenters. The lowest BCUT2D eigenvalue weighted by Crippen LogP contribution is -2.36. The summed E-state index contributed by atoms with van der Waals surface area (Å²) < 4.78 is 68.4. The van der Waals surface area contributed by atoms with Crippen LogP contribution in [-0.4, -0.2) is 47.3 Å². The van der Waals surface area contributed by atoms with Crippen molar-refractivity contribution in [3.63, 3.8) is 0 Å². The number of morpholine rings is 1. The summed E-state index contributed by atoms with van der Waals surface area (Å²) >= 11 is 0. The minimum atomic E-state index is -4.64. The van der Waals surface area contributed by atoms with Crippen LogP contribution in [0.3, 0.4) is 0 Å². The summed E-state index contributed by atoms with van der Waals surface area (Å²) in [5.41, 5.74) is -0.141. The van der Waals surface area contributed by atoms with Crippen molar-refractivity contribution < 1.29 is 31.1 Å². The lowest BCUT2D eigenvalue weighted by Gasteiger charge is -2.29. The van der Waals surface area contributed by atoms with Crippen molar-refractivity contribution in [1.82, 2.24) is 5.32 Å². The fourth-order valence-corrected chi connectivity index (χ4v) is 3.74. The number of hydrogen-bond donors (Lipinski definition) is 3. The van der Waals surface area contributed by atoms with Gasteiger partial charge in [-0.3, -0.25) is 0 Å². The van der Waals surface area contributed by atoms with Crippen LogP contribution in [0.15, 0.2) is 47.4 Å². The summed E-state index contributed by atoms with van der Waals surface area (Å²) in [5.74, 6) is 0. The van der Waals surface area contributed by atoms with Crippen molar-refractivity contribution in [3.8, 4) is 0 Å². The highest BCUT2D eigenvalue weighted by Crippen LogP contribution is 2.37. The van der Waals surface area contributed by atoms with Gasteiger partial charge in [0.05, 0.1) is 29.4 Å². The van der Waals surface area contributed by atoms with Gasteiger partial charge in [-0.25, -0.2) is 18.4 Å². The Hall–Kier alpha value is -2.83. The van der Waals surface area contributed by atoms with Crippen LogP contribution in [0.1, 0.15) is 11.1 Å². The van der Waals surface area contributed by atoms with E-state index in [1.54, 1.807) is 17.0 Å². The zero-order chi connectivity index (χ0) is 23.4. The number of nitrogens with zero attached hydrogens (tertiary/aromatic N) is 1. The normalized spacial score (nSPS) is 14.8. The van der Waals surface area contributed by atoms with Crippen molar-refractivity contribution in [2.45, 2.75) is 17.5 Å². The molecule has 0 bridgehead atoms. The summed E-state index contributed by atoms with van der Waals surface area (Å²) in [6, 6.07) is 8.79. The van der Waals surface area contributed by atoms with E-state index < -0.39 is 27.8 Å². The maximum atomic E-state index is 13.6. The lowest BCUT2D eigenvalue weighted by molar-refractivity contribution is -0.136. The van der Waals surface area contributed by atoms with E-state index in [2.05, 4.69) is 10.6 Å².